The second kappa shape index (κ2) is 8.09. The molecule has 1 aromatic carbocycles. The van der Waals surface area contributed by atoms with Crippen molar-refractivity contribution in [1.82, 2.24) is 10.6 Å². The van der Waals surface area contributed by atoms with Crippen LogP contribution in [0.25, 0.3) is 0 Å². The fourth-order valence-corrected chi connectivity index (χ4v) is 1.42. The second-order valence-electron chi connectivity index (χ2n) is 3.75. The first-order valence-electron chi connectivity index (χ1n) is 5.76. The number of carbonyl (C=O) groups excluding carboxylic acids is 1. The molecule has 1 aromatic rings. The van der Waals surface area contributed by atoms with Crippen LogP contribution in [0.3, 0.4) is 0 Å². The Morgan fingerprint density at radius 1 is 1.44 bits per heavy atom. The van der Waals surface area contributed by atoms with Crippen LogP contribution in [0.15, 0.2) is 24.3 Å². The highest BCUT2D eigenvalue weighted by atomic mass is 16.5. The smallest absolute Gasteiger partial charge is 0.216 e. The van der Waals surface area contributed by atoms with Crippen LogP contribution in [0.5, 0.6) is 5.75 Å². The zero-order chi connectivity index (χ0) is 13.2. The zero-order valence-electron chi connectivity index (χ0n) is 10.4. The van der Waals surface area contributed by atoms with Gasteiger partial charge in [-0.25, -0.2) is 0 Å². The van der Waals surface area contributed by atoms with Gasteiger partial charge in [-0.05, 0) is 17.7 Å². The molecule has 0 atom stereocenters. The van der Waals surface area contributed by atoms with Crippen LogP contribution in [-0.4, -0.2) is 25.6 Å². The largest absolute Gasteiger partial charge is 0.479 e. The van der Waals surface area contributed by atoms with Crippen molar-refractivity contribution < 1.29 is 9.53 Å². The average molecular weight is 247 g/mol. The maximum Gasteiger partial charge on any atom is 0.216 e. The molecule has 0 fully saturated rings. The van der Waals surface area contributed by atoms with Crippen LogP contribution in [0.4, 0.5) is 0 Å². The van der Waals surface area contributed by atoms with E-state index < -0.39 is 0 Å². The molecule has 0 spiro atoms. The lowest BCUT2D eigenvalue weighted by atomic mass is 10.2. The van der Waals surface area contributed by atoms with E-state index in [2.05, 4.69) is 10.6 Å². The molecule has 96 valence electrons. The van der Waals surface area contributed by atoms with E-state index in [0.717, 1.165) is 5.56 Å². The molecule has 18 heavy (non-hydrogen) atoms. The van der Waals surface area contributed by atoms with Crippen molar-refractivity contribution in [2.24, 2.45) is 0 Å². The molecule has 0 aliphatic rings. The molecule has 0 aliphatic carbocycles. The SMILES string of the molecule is CC(=O)NCCNCc1cccc(OCC#N)c1. The highest BCUT2D eigenvalue weighted by Gasteiger charge is 1.97. The molecular weight excluding hydrogens is 230 g/mol. The third-order valence-corrected chi connectivity index (χ3v) is 2.21. The van der Waals surface area contributed by atoms with Gasteiger partial charge in [-0.3, -0.25) is 4.79 Å². The van der Waals surface area contributed by atoms with Crippen molar-refractivity contribution in [2.75, 3.05) is 19.7 Å². The Labute approximate surface area is 107 Å². The van der Waals surface area contributed by atoms with Gasteiger partial charge in [0.2, 0.25) is 5.91 Å². The second-order valence-corrected chi connectivity index (χ2v) is 3.75. The van der Waals surface area contributed by atoms with Gasteiger partial charge in [0.15, 0.2) is 6.61 Å². The lowest BCUT2D eigenvalue weighted by Crippen LogP contribution is -2.29. The standard InChI is InChI=1S/C13H17N3O2/c1-11(17)16-7-6-15-10-12-3-2-4-13(9-12)18-8-5-14/h2-4,9,15H,6-8,10H2,1H3,(H,16,17). The number of hydrogen-bond acceptors (Lipinski definition) is 4. The number of rotatable bonds is 7. The molecule has 0 unspecified atom stereocenters. The first kappa shape index (κ1) is 14.0. The number of ether oxygens (including phenoxy) is 1. The minimum Gasteiger partial charge on any atom is -0.479 e. The lowest BCUT2D eigenvalue weighted by molar-refractivity contribution is -0.118. The average Bonchev–Trinajstić information content (AvgIpc) is 2.36. The lowest BCUT2D eigenvalue weighted by Gasteiger charge is -2.07. The van der Waals surface area contributed by atoms with Crippen LogP contribution in [-0.2, 0) is 11.3 Å². The van der Waals surface area contributed by atoms with Crippen molar-refractivity contribution in [3.05, 3.63) is 29.8 Å². The summed E-state index contributed by atoms with van der Waals surface area (Å²) in [5.41, 5.74) is 1.08. The van der Waals surface area contributed by atoms with Gasteiger partial charge in [0.05, 0.1) is 0 Å². The van der Waals surface area contributed by atoms with Gasteiger partial charge in [0, 0.05) is 26.6 Å². The molecule has 0 saturated heterocycles. The van der Waals surface area contributed by atoms with Crippen LogP contribution in [0.2, 0.25) is 0 Å². The fourth-order valence-electron chi connectivity index (χ4n) is 1.42. The summed E-state index contributed by atoms with van der Waals surface area (Å²) in [6.45, 7) is 3.57. The first-order chi connectivity index (χ1) is 8.72. The Balaban J connectivity index is 2.29. The summed E-state index contributed by atoms with van der Waals surface area (Å²) in [6, 6.07) is 9.50. The van der Waals surface area contributed by atoms with Gasteiger partial charge in [0.25, 0.3) is 0 Å². The summed E-state index contributed by atoms with van der Waals surface area (Å²) in [6.07, 6.45) is 0. The topological polar surface area (TPSA) is 74.2 Å². The molecule has 5 nitrogen and oxygen atoms in total. The van der Waals surface area contributed by atoms with E-state index in [1.54, 1.807) is 0 Å². The molecule has 0 heterocycles. The monoisotopic (exact) mass is 247 g/mol. The van der Waals surface area contributed by atoms with Gasteiger partial charge in [-0.2, -0.15) is 5.26 Å². The van der Waals surface area contributed by atoms with Crippen molar-refractivity contribution in [3.63, 3.8) is 0 Å². The molecule has 0 saturated carbocycles. The van der Waals surface area contributed by atoms with Crippen molar-refractivity contribution in [2.45, 2.75) is 13.5 Å². The summed E-state index contributed by atoms with van der Waals surface area (Å²) >= 11 is 0. The van der Waals surface area contributed by atoms with Gasteiger partial charge in [0.1, 0.15) is 11.8 Å². The van der Waals surface area contributed by atoms with Crippen LogP contribution in [0.1, 0.15) is 12.5 Å². The molecular formula is C13H17N3O2. The predicted octanol–water partition coefficient (Wildman–Crippen LogP) is 0.815. The van der Waals surface area contributed by atoms with Gasteiger partial charge < -0.3 is 15.4 Å². The quantitative estimate of drug-likeness (QED) is 0.699. The molecule has 1 rings (SSSR count). The Morgan fingerprint density at radius 2 is 2.28 bits per heavy atom. The number of nitrogens with one attached hydrogen (secondary N) is 2. The molecule has 2 N–H and O–H groups in total. The first-order valence-corrected chi connectivity index (χ1v) is 5.76. The predicted molar refractivity (Wildman–Crippen MR) is 67.9 cm³/mol. The van der Waals surface area contributed by atoms with E-state index in [1.807, 2.05) is 30.3 Å². The fraction of sp³-hybridized carbons (Fsp3) is 0.385. The highest BCUT2D eigenvalue weighted by molar-refractivity contribution is 5.72. The zero-order valence-corrected chi connectivity index (χ0v) is 10.4. The normalized spacial score (nSPS) is 9.56. The van der Waals surface area contributed by atoms with Crippen LogP contribution < -0.4 is 15.4 Å². The van der Waals surface area contributed by atoms with Gasteiger partial charge in [-0.1, -0.05) is 12.1 Å². The molecule has 5 heteroatoms. The minimum absolute atomic E-state index is 0.0244. The molecule has 1 amide bonds. The molecule has 0 aliphatic heterocycles. The number of benzene rings is 1. The van der Waals surface area contributed by atoms with Crippen molar-refractivity contribution in [1.29, 1.82) is 5.26 Å². The van der Waals surface area contributed by atoms with E-state index in [9.17, 15) is 4.79 Å². The van der Waals surface area contributed by atoms with Crippen molar-refractivity contribution >= 4 is 5.91 Å². The Bertz CT molecular complexity index is 426. The van der Waals surface area contributed by atoms with E-state index in [-0.39, 0.29) is 12.5 Å². The van der Waals surface area contributed by atoms with Gasteiger partial charge in [-0.15, -0.1) is 0 Å². The van der Waals surface area contributed by atoms with E-state index in [4.69, 9.17) is 10.00 Å². The third kappa shape index (κ3) is 5.87. The van der Waals surface area contributed by atoms with Gasteiger partial charge >= 0.3 is 0 Å². The maximum atomic E-state index is 10.6. The minimum atomic E-state index is -0.0244. The number of hydrogen-bond donors (Lipinski definition) is 2. The Hall–Kier alpha value is -2.06. The summed E-state index contributed by atoms with van der Waals surface area (Å²) < 4.78 is 5.21. The molecule has 0 aromatic heterocycles. The summed E-state index contributed by atoms with van der Waals surface area (Å²) in [5.74, 6) is 0.668. The number of amides is 1. The summed E-state index contributed by atoms with van der Waals surface area (Å²) in [5, 5.41) is 14.3. The van der Waals surface area contributed by atoms with Crippen LogP contribution >= 0.6 is 0 Å². The van der Waals surface area contributed by atoms with E-state index >= 15 is 0 Å². The third-order valence-electron chi connectivity index (χ3n) is 2.21. The van der Waals surface area contributed by atoms with Crippen LogP contribution in [0, 0.1) is 11.3 Å². The van der Waals surface area contributed by atoms with E-state index in [0.29, 0.717) is 25.4 Å². The number of nitrogens with zero attached hydrogens (tertiary/aromatic N) is 1. The maximum absolute atomic E-state index is 10.6. The van der Waals surface area contributed by atoms with Crippen molar-refractivity contribution in [3.8, 4) is 11.8 Å². The highest BCUT2D eigenvalue weighted by Crippen LogP contribution is 2.12. The number of nitriles is 1. The molecule has 0 radical (unpaired) electrons. The Morgan fingerprint density at radius 3 is 3.00 bits per heavy atom. The van der Waals surface area contributed by atoms with E-state index in [1.165, 1.54) is 6.92 Å². The Kier molecular flexibility index (Phi) is 6.30. The summed E-state index contributed by atoms with van der Waals surface area (Å²) in [7, 11) is 0. The molecule has 0 bridgehead atoms. The summed E-state index contributed by atoms with van der Waals surface area (Å²) in [4.78, 5) is 10.6. The number of carbonyl (C=O) groups is 1.